The SMILES string of the molecule is CCNC(=NCCc1nc(-c2ccco2)n[nH]1)N1CCSC(CC)C1. The average molecular weight is 363 g/mol. The minimum atomic E-state index is 0.592. The highest BCUT2D eigenvalue weighted by molar-refractivity contribution is 8.00. The van der Waals surface area contributed by atoms with Gasteiger partial charge in [-0.2, -0.15) is 16.9 Å². The predicted molar refractivity (Wildman–Crippen MR) is 102 cm³/mol. The van der Waals surface area contributed by atoms with Crippen LogP contribution in [0.3, 0.4) is 0 Å². The van der Waals surface area contributed by atoms with Gasteiger partial charge in [-0.25, -0.2) is 4.98 Å². The molecule has 1 unspecified atom stereocenters. The lowest BCUT2D eigenvalue weighted by atomic mass is 10.3. The fourth-order valence-corrected chi connectivity index (χ4v) is 3.96. The van der Waals surface area contributed by atoms with Crippen LogP contribution in [-0.2, 0) is 6.42 Å². The summed E-state index contributed by atoms with van der Waals surface area (Å²) >= 11 is 2.07. The molecule has 1 fully saturated rings. The summed E-state index contributed by atoms with van der Waals surface area (Å²) in [6.07, 6.45) is 3.55. The van der Waals surface area contributed by atoms with E-state index in [9.17, 15) is 0 Å². The number of nitrogens with one attached hydrogen (secondary N) is 2. The van der Waals surface area contributed by atoms with Crippen molar-refractivity contribution in [1.29, 1.82) is 0 Å². The Labute approximate surface area is 152 Å². The Hall–Kier alpha value is -1.96. The number of aromatic nitrogens is 3. The third-order valence-electron chi connectivity index (χ3n) is 4.11. The van der Waals surface area contributed by atoms with Crippen LogP contribution in [0.2, 0.25) is 0 Å². The molecule has 8 heteroatoms. The Morgan fingerprint density at radius 3 is 3.20 bits per heavy atom. The fraction of sp³-hybridized carbons (Fsp3) is 0.588. The summed E-state index contributed by atoms with van der Waals surface area (Å²) in [5.74, 6) is 4.27. The number of guanidine groups is 1. The number of rotatable bonds is 6. The van der Waals surface area contributed by atoms with Crippen LogP contribution in [0.15, 0.2) is 27.8 Å². The molecule has 1 aliphatic rings. The molecule has 0 aliphatic carbocycles. The van der Waals surface area contributed by atoms with Gasteiger partial charge in [0.05, 0.1) is 6.26 Å². The molecule has 7 nitrogen and oxygen atoms in total. The molecular formula is C17H26N6OS. The number of furan rings is 1. The molecule has 2 aromatic heterocycles. The second-order valence-electron chi connectivity index (χ2n) is 5.92. The molecule has 0 bridgehead atoms. The van der Waals surface area contributed by atoms with Gasteiger partial charge < -0.3 is 14.6 Å². The summed E-state index contributed by atoms with van der Waals surface area (Å²) < 4.78 is 5.32. The topological polar surface area (TPSA) is 82.3 Å². The van der Waals surface area contributed by atoms with E-state index in [1.165, 1.54) is 6.42 Å². The Kier molecular flexibility index (Phi) is 6.38. The first-order valence-corrected chi connectivity index (χ1v) is 9.95. The number of H-pyrrole nitrogens is 1. The monoisotopic (exact) mass is 362 g/mol. The molecule has 0 amide bonds. The van der Waals surface area contributed by atoms with Crippen molar-refractivity contribution in [3.05, 3.63) is 24.2 Å². The molecular weight excluding hydrogens is 336 g/mol. The van der Waals surface area contributed by atoms with Gasteiger partial charge in [0.15, 0.2) is 11.7 Å². The number of aliphatic imine (C=N–C) groups is 1. The van der Waals surface area contributed by atoms with Crippen LogP contribution < -0.4 is 5.32 Å². The highest BCUT2D eigenvalue weighted by Gasteiger charge is 2.21. The van der Waals surface area contributed by atoms with Crippen molar-refractivity contribution < 1.29 is 4.42 Å². The first-order valence-electron chi connectivity index (χ1n) is 8.90. The summed E-state index contributed by atoms with van der Waals surface area (Å²) in [6.45, 7) is 8.04. The highest BCUT2D eigenvalue weighted by Crippen LogP contribution is 2.21. The molecule has 0 aromatic carbocycles. The first-order chi connectivity index (χ1) is 12.3. The lowest BCUT2D eigenvalue weighted by Gasteiger charge is -2.34. The molecule has 1 saturated heterocycles. The predicted octanol–water partition coefficient (Wildman–Crippen LogP) is 2.40. The third-order valence-corrected chi connectivity index (χ3v) is 5.48. The Bertz CT molecular complexity index is 668. The molecule has 3 heterocycles. The lowest BCUT2D eigenvalue weighted by molar-refractivity contribution is 0.408. The van der Waals surface area contributed by atoms with Crippen molar-refractivity contribution in [3.8, 4) is 11.6 Å². The van der Waals surface area contributed by atoms with E-state index < -0.39 is 0 Å². The van der Waals surface area contributed by atoms with Crippen molar-refractivity contribution in [2.45, 2.75) is 31.9 Å². The van der Waals surface area contributed by atoms with Gasteiger partial charge in [-0.15, -0.1) is 0 Å². The molecule has 0 saturated carbocycles. The molecule has 1 atom stereocenters. The van der Waals surface area contributed by atoms with Crippen molar-refractivity contribution in [2.75, 3.05) is 31.9 Å². The molecule has 0 spiro atoms. The van der Waals surface area contributed by atoms with Gasteiger partial charge in [0.25, 0.3) is 0 Å². The molecule has 136 valence electrons. The van der Waals surface area contributed by atoms with E-state index in [4.69, 9.17) is 9.41 Å². The number of thioether (sulfide) groups is 1. The lowest BCUT2D eigenvalue weighted by Crippen LogP contribution is -2.48. The second kappa shape index (κ2) is 8.94. The van der Waals surface area contributed by atoms with Gasteiger partial charge in [0.1, 0.15) is 5.82 Å². The van der Waals surface area contributed by atoms with E-state index in [-0.39, 0.29) is 0 Å². The van der Waals surface area contributed by atoms with Crippen molar-refractivity contribution >= 4 is 17.7 Å². The Morgan fingerprint density at radius 2 is 2.44 bits per heavy atom. The number of aromatic amines is 1. The van der Waals surface area contributed by atoms with Crippen LogP contribution in [-0.4, -0.2) is 63.2 Å². The zero-order valence-electron chi connectivity index (χ0n) is 14.9. The van der Waals surface area contributed by atoms with E-state index in [0.29, 0.717) is 23.4 Å². The van der Waals surface area contributed by atoms with Crippen LogP contribution in [0.4, 0.5) is 0 Å². The zero-order valence-corrected chi connectivity index (χ0v) is 15.7. The Morgan fingerprint density at radius 1 is 1.52 bits per heavy atom. The molecule has 0 radical (unpaired) electrons. The number of hydrogen-bond acceptors (Lipinski definition) is 5. The van der Waals surface area contributed by atoms with E-state index >= 15 is 0 Å². The van der Waals surface area contributed by atoms with Gasteiger partial charge in [0.2, 0.25) is 5.82 Å². The number of hydrogen-bond donors (Lipinski definition) is 2. The standard InChI is InChI=1S/C17H26N6OS/c1-3-13-12-23(9-11-25-13)17(18-4-2)19-8-7-15-20-16(22-21-15)14-6-5-10-24-14/h5-6,10,13H,3-4,7-9,11-12H2,1-2H3,(H,18,19)(H,20,21,22). The van der Waals surface area contributed by atoms with Crippen LogP contribution in [0.1, 0.15) is 26.1 Å². The van der Waals surface area contributed by atoms with Crippen molar-refractivity contribution in [2.24, 2.45) is 4.99 Å². The van der Waals surface area contributed by atoms with E-state index in [2.05, 4.69) is 51.0 Å². The summed E-state index contributed by atoms with van der Waals surface area (Å²) in [4.78, 5) is 11.6. The first kappa shape index (κ1) is 17.8. The van der Waals surface area contributed by atoms with Gasteiger partial charge >= 0.3 is 0 Å². The maximum Gasteiger partial charge on any atom is 0.216 e. The van der Waals surface area contributed by atoms with Gasteiger partial charge in [0, 0.05) is 43.6 Å². The zero-order chi connectivity index (χ0) is 17.5. The van der Waals surface area contributed by atoms with Crippen LogP contribution in [0.5, 0.6) is 0 Å². The van der Waals surface area contributed by atoms with Gasteiger partial charge in [-0.1, -0.05) is 6.92 Å². The van der Waals surface area contributed by atoms with Crippen LogP contribution >= 0.6 is 11.8 Å². The summed E-state index contributed by atoms with van der Waals surface area (Å²) in [6, 6.07) is 3.69. The van der Waals surface area contributed by atoms with Crippen LogP contribution in [0, 0.1) is 0 Å². The summed E-state index contributed by atoms with van der Waals surface area (Å²) in [7, 11) is 0. The molecule has 1 aliphatic heterocycles. The van der Waals surface area contributed by atoms with E-state index in [1.54, 1.807) is 6.26 Å². The smallest absolute Gasteiger partial charge is 0.216 e. The Balaban J connectivity index is 1.58. The largest absolute Gasteiger partial charge is 0.461 e. The van der Waals surface area contributed by atoms with Crippen molar-refractivity contribution in [1.82, 2.24) is 25.4 Å². The number of nitrogens with zero attached hydrogens (tertiary/aromatic N) is 4. The third kappa shape index (κ3) is 4.78. The quantitative estimate of drug-likeness (QED) is 0.606. The maximum absolute atomic E-state index is 5.32. The molecule has 2 N–H and O–H groups in total. The molecule has 3 rings (SSSR count). The summed E-state index contributed by atoms with van der Waals surface area (Å²) in [5.41, 5.74) is 0. The second-order valence-corrected chi connectivity index (χ2v) is 7.32. The molecule has 2 aromatic rings. The van der Waals surface area contributed by atoms with E-state index in [0.717, 1.165) is 43.6 Å². The minimum absolute atomic E-state index is 0.592. The fourth-order valence-electron chi connectivity index (χ4n) is 2.78. The van der Waals surface area contributed by atoms with E-state index in [1.807, 2.05) is 12.1 Å². The van der Waals surface area contributed by atoms with Gasteiger partial charge in [-0.3, -0.25) is 10.1 Å². The summed E-state index contributed by atoms with van der Waals surface area (Å²) in [5, 5.41) is 11.3. The highest BCUT2D eigenvalue weighted by atomic mass is 32.2. The van der Waals surface area contributed by atoms with Crippen LogP contribution in [0.25, 0.3) is 11.6 Å². The minimum Gasteiger partial charge on any atom is -0.461 e. The maximum atomic E-state index is 5.32. The van der Waals surface area contributed by atoms with Gasteiger partial charge in [-0.05, 0) is 25.5 Å². The average Bonchev–Trinajstić information content (AvgIpc) is 3.32. The van der Waals surface area contributed by atoms with Crippen molar-refractivity contribution in [3.63, 3.8) is 0 Å². The normalized spacial score (nSPS) is 18.6. The molecule has 25 heavy (non-hydrogen) atoms.